The van der Waals surface area contributed by atoms with Gasteiger partial charge in [-0.1, -0.05) is 28.4 Å². The fourth-order valence-corrected chi connectivity index (χ4v) is 2.65. The van der Waals surface area contributed by atoms with Gasteiger partial charge in [-0.05, 0) is 44.0 Å². The first-order valence-corrected chi connectivity index (χ1v) is 7.83. The Balaban J connectivity index is 1.50. The Morgan fingerprint density at radius 3 is 2.95 bits per heavy atom. The molecule has 1 aromatic carbocycles. The van der Waals surface area contributed by atoms with Crippen molar-refractivity contribution in [3.05, 3.63) is 28.7 Å². The molecule has 1 aromatic rings. The zero-order valence-corrected chi connectivity index (χ0v) is 12.8. The molecule has 1 aliphatic rings. The van der Waals surface area contributed by atoms with Gasteiger partial charge in [-0.3, -0.25) is 0 Å². The molecule has 1 N–H and O–H groups in total. The Labute approximate surface area is 123 Å². The van der Waals surface area contributed by atoms with Crippen LogP contribution in [0.5, 0.6) is 5.75 Å². The van der Waals surface area contributed by atoms with Gasteiger partial charge in [-0.2, -0.15) is 0 Å². The second kappa shape index (κ2) is 8.56. The van der Waals surface area contributed by atoms with Crippen LogP contribution >= 0.6 is 15.9 Å². The van der Waals surface area contributed by atoms with E-state index in [0.29, 0.717) is 19.3 Å². The van der Waals surface area contributed by atoms with Crippen molar-refractivity contribution in [1.29, 1.82) is 0 Å². The lowest BCUT2D eigenvalue weighted by Gasteiger charge is -2.23. The molecule has 19 heavy (non-hydrogen) atoms. The molecule has 106 valence electrons. The number of rotatable bonds is 7. The Morgan fingerprint density at radius 1 is 1.21 bits per heavy atom. The standard InChI is InChI=1S/C15H22BrNO2/c16-13-4-3-6-15(12-13)19-11-10-18-9-7-14-5-1-2-8-17-14/h3-4,6,12,14,17H,1-2,5,7-11H2. The molecular weight excluding hydrogens is 306 g/mol. The van der Waals surface area contributed by atoms with E-state index in [1.165, 1.54) is 19.3 Å². The molecule has 0 radical (unpaired) electrons. The Kier molecular flexibility index (Phi) is 6.68. The summed E-state index contributed by atoms with van der Waals surface area (Å²) in [4.78, 5) is 0. The van der Waals surface area contributed by atoms with E-state index in [2.05, 4.69) is 21.2 Å². The van der Waals surface area contributed by atoms with Crippen LogP contribution in [0.15, 0.2) is 28.7 Å². The minimum atomic E-state index is 0.606. The minimum Gasteiger partial charge on any atom is -0.491 e. The highest BCUT2D eigenvalue weighted by Crippen LogP contribution is 2.17. The fraction of sp³-hybridized carbons (Fsp3) is 0.600. The van der Waals surface area contributed by atoms with E-state index < -0.39 is 0 Å². The van der Waals surface area contributed by atoms with Crippen molar-refractivity contribution in [1.82, 2.24) is 5.32 Å². The molecule has 0 saturated carbocycles. The summed E-state index contributed by atoms with van der Waals surface area (Å²) in [5.41, 5.74) is 0. The van der Waals surface area contributed by atoms with Gasteiger partial charge in [0.05, 0.1) is 6.61 Å². The first-order chi connectivity index (χ1) is 9.34. The Morgan fingerprint density at radius 2 is 2.16 bits per heavy atom. The van der Waals surface area contributed by atoms with Crippen molar-refractivity contribution in [2.45, 2.75) is 31.7 Å². The number of piperidine rings is 1. The molecular formula is C15H22BrNO2. The molecule has 0 spiro atoms. The molecule has 1 unspecified atom stereocenters. The highest BCUT2D eigenvalue weighted by atomic mass is 79.9. The second-order valence-electron chi connectivity index (χ2n) is 4.85. The maximum absolute atomic E-state index is 5.61. The summed E-state index contributed by atoms with van der Waals surface area (Å²) in [5.74, 6) is 0.881. The van der Waals surface area contributed by atoms with Gasteiger partial charge >= 0.3 is 0 Å². The molecule has 1 atom stereocenters. The topological polar surface area (TPSA) is 30.5 Å². The van der Waals surface area contributed by atoms with Crippen LogP contribution in [-0.2, 0) is 4.74 Å². The van der Waals surface area contributed by atoms with E-state index in [1.807, 2.05) is 24.3 Å². The molecule has 0 bridgehead atoms. The number of halogens is 1. The third-order valence-corrected chi connectivity index (χ3v) is 3.81. The maximum atomic E-state index is 5.61. The molecule has 0 aromatic heterocycles. The normalized spacial score (nSPS) is 19.3. The van der Waals surface area contributed by atoms with Crippen molar-refractivity contribution in [2.24, 2.45) is 0 Å². The maximum Gasteiger partial charge on any atom is 0.120 e. The molecule has 0 amide bonds. The van der Waals surface area contributed by atoms with E-state index in [4.69, 9.17) is 9.47 Å². The summed E-state index contributed by atoms with van der Waals surface area (Å²) in [6.07, 6.45) is 5.07. The average Bonchev–Trinajstić information content (AvgIpc) is 2.44. The smallest absolute Gasteiger partial charge is 0.120 e. The second-order valence-corrected chi connectivity index (χ2v) is 5.77. The first kappa shape index (κ1) is 14.8. The average molecular weight is 328 g/mol. The predicted molar refractivity (Wildman–Crippen MR) is 80.7 cm³/mol. The summed E-state index contributed by atoms with van der Waals surface area (Å²) < 4.78 is 12.3. The monoisotopic (exact) mass is 327 g/mol. The van der Waals surface area contributed by atoms with Crippen LogP contribution < -0.4 is 10.1 Å². The molecule has 1 heterocycles. The van der Waals surface area contributed by atoms with Crippen LogP contribution in [-0.4, -0.2) is 32.4 Å². The number of hydrogen-bond donors (Lipinski definition) is 1. The Bertz CT molecular complexity index is 367. The molecule has 3 nitrogen and oxygen atoms in total. The third-order valence-electron chi connectivity index (χ3n) is 3.32. The first-order valence-electron chi connectivity index (χ1n) is 7.04. The zero-order chi connectivity index (χ0) is 13.3. The van der Waals surface area contributed by atoms with Crippen LogP contribution in [0.1, 0.15) is 25.7 Å². The quantitative estimate of drug-likeness (QED) is 0.779. The Hall–Kier alpha value is -0.580. The van der Waals surface area contributed by atoms with E-state index in [-0.39, 0.29) is 0 Å². The number of nitrogens with one attached hydrogen (secondary N) is 1. The van der Waals surface area contributed by atoms with Gasteiger partial charge < -0.3 is 14.8 Å². The molecule has 4 heteroatoms. The lowest BCUT2D eigenvalue weighted by Crippen LogP contribution is -2.34. The molecule has 2 rings (SSSR count). The van der Waals surface area contributed by atoms with Crippen LogP contribution in [0.3, 0.4) is 0 Å². The third kappa shape index (κ3) is 5.93. The van der Waals surface area contributed by atoms with E-state index in [0.717, 1.165) is 29.8 Å². The molecule has 1 saturated heterocycles. The number of hydrogen-bond acceptors (Lipinski definition) is 3. The van der Waals surface area contributed by atoms with Gasteiger partial charge in [-0.15, -0.1) is 0 Å². The van der Waals surface area contributed by atoms with Gasteiger partial charge in [0.15, 0.2) is 0 Å². The lowest BCUT2D eigenvalue weighted by atomic mass is 10.0. The van der Waals surface area contributed by atoms with Gasteiger partial charge in [0.25, 0.3) is 0 Å². The van der Waals surface area contributed by atoms with Crippen LogP contribution in [0.25, 0.3) is 0 Å². The molecule has 1 fully saturated rings. The van der Waals surface area contributed by atoms with Crippen molar-refractivity contribution in [2.75, 3.05) is 26.4 Å². The molecule has 0 aliphatic carbocycles. The van der Waals surface area contributed by atoms with Gasteiger partial charge in [0.2, 0.25) is 0 Å². The zero-order valence-electron chi connectivity index (χ0n) is 11.2. The van der Waals surface area contributed by atoms with Gasteiger partial charge in [0.1, 0.15) is 12.4 Å². The van der Waals surface area contributed by atoms with E-state index in [1.54, 1.807) is 0 Å². The minimum absolute atomic E-state index is 0.606. The van der Waals surface area contributed by atoms with Crippen molar-refractivity contribution in [3.63, 3.8) is 0 Å². The number of benzene rings is 1. The predicted octanol–water partition coefficient (Wildman–Crippen LogP) is 3.38. The van der Waals surface area contributed by atoms with Crippen LogP contribution in [0, 0.1) is 0 Å². The largest absolute Gasteiger partial charge is 0.491 e. The van der Waals surface area contributed by atoms with Gasteiger partial charge in [-0.25, -0.2) is 0 Å². The van der Waals surface area contributed by atoms with Crippen molar-refractivity contribution in [3.8, 4) is 5.75 Å². The van der Waals surface area contributed by atoms with E-state index in [9.17, 15) is 0 Å². The highest BCUT2D eigenvalue weighted by Gasteiger charge is 2.11. The SMILES string of the molecule is Brc1cccc(OCCOCCC2CCCCN2)c1. The van der Waals surface area contributed by atoms with E-state index >= 15 is 0 Å². The number of ether oxygens (including phenoxy) is 2. The van der Waals surface area contributed by atoms with Crippen LogP contribution in [0.2, 0.25) is 0 Å². The van der Waals surface area contributed by atoms with Crippen LogP contribution in [0.4, 0.5) is 0 Å². The summed E-state index contributed by atoms with van der Waals surface area (Å²) in [6.45, 7) is 3.24. The van der Waals surface area contributed by atoms with Crippen molar-refractivity contribution >= 4 is 15.9 Å². The molecule has 1 aliphatic heterocycles. The summed E-state index contributed by atoms with van der Waals surface area (Å²) in [5, 5.41) is 3.53. The summed E-state index contributed by atoms with van der Waals surface area (Å²) in [7, 11) is 0. The lowest BCUT2D eigenvalue weighted by molar-refractivity contribution is 0.0911. The summed E-state index contributed by atoms with van der Waals surface area (Å²) >= 11 is 3.42. The highest BCUT2D eigenvalue weighted by molar-refractivity contribution is 9.10. The summed E-state index contributed by atoms with van der Waals surface area (Å²) in [6, 6.07) is 8.53. The van der Waals surface area contributed by atoms with Gasteiger partial charge in [0, 0.05) is 17.1 Å². The van der Waals surface area contributed by atoms with Crippen molar-refractivity contribution < 1.29 is 9.47 Å². The fourth-order valence-electron chi connectivity index (χ4n) is 2.27.